The Labute approximate surface area is 149 Å². The SMILES string of the molecule is CCCN1Cc2cccc(NS(=O)(=O)c3ccc(N(C)C)nc3)c2C1. The lowest BCUT2D eigenvalue weighted by Gasteiger charge is -2.14. The second kappa shape index (κ2) is 7.01. The lowest BCUT2D eigenvalue weighted by atomic mass is 10.1. The van der Waals surface area contributed by atoms with Crippen LogP contribution in [-0.4, -0.2) is 38.9 Å². The number of fused-ring (bicyclic) bond motifs is 1. The second-order valence-corrected chi connectivity index (χ2v) is 8.19. The van der Waals surface area contributed by atoms with E-state index < -0.39 is 10.0 Å². The van der Waals surface area contributed by atoms with E-state index in [2.05, 4.69) is 27.6 Å². The maximum Gasteiger partial charge on any atom is 0.263 e. The van der Waals surface area contributed by atoms with Crippen LogP contribution >= 0.6 is 0 Å². The van der Waals surface area contributed by atoms with Crippen molar-refractivity contribution in [3.05, 3.63) is 47.7 Å². The molecule has 1 aromatic heterocycles. The molecule has 1 aliphatic heterocycles. The van der Waals surface area contributed by atoms with E-state index in [-0.39, 0.29) is 4.90 Å². The Hall–Kier alpha value is -2.12. The molecule has 0 fully saturated rings. The van der Waals surface area contributed by atoms with Gasteiger partial charge in [-0.1, -0.05) is 19.1 Å². The summed E-state index contributed by atoms with van der Waals surface area (Å²) in [6.45, 7) is 4.81. The van der Waals surface area contributed by atoms with Gasteiger partial charge in [0.1, 0.15) is 10.7 Å². The normalized spacial score (nSPS) is 14.4. The number of sulfonamides is 1. The highest BCUT2D eigenvalue weighted by Crippen LogP contribution is 2.30. The first-order valence-electron chi connectivity index (χ1n) is 8.40. The molecule has 1 N–H and O–H groups in total. The van der Waals surface area contributed by atoms with Gasteiger partial charge < -0.3 is 4.90 Å². The largest absolute Gasteiger partial charge is 0.363 e. The topological polar surface area (TPSA) is 65.5 Å². The maximum absolute atomic E-state index is 12.7. The van der Waals surface area contributed by atoms with Crippen LogP contribution in [0.25, 0.3) is 0 Å². The summed E-state index contributed by atoms with van der Waals surface area (Å²) in [6.07, 6.45) is 2.48. The number of benzene rings is 1. The molecule has 134 valence electrons. The van der Waals surface area contributed by atoms with E-state index in [1.54, 1.807) is 12.1 Å². The third kappa shape index (κ3) is 3.77. The number of nitrogens with zero attached hydrogens (tertiary/aromatic N) is 3. The molecule has 1 aromatic carbocycles. The molecule has 6 nitrogen and oxygen atoms in total. The fourth-order valence-corrected chi connectivity index (χ4v) is 4.10. The summed E-state index contributed by atoms with van der Waals surface area (Å²) in [6, 6.07) is 9.08. The summed E-state index contributed by atoms with van der Waals surface area (Å²) in [5.74, 6) is 0.717. The van der Waals surface area contributed by atoms with Crippen molar-refractivity contribution >= 4 is 21.5 Å². The predicted octanol–water partition coefficient (Wildman–Crippen LogP) is 2.67. The Morgan fingerprint density at radius 2 is 2.00 bits per heavy atom. The van der Waals surface area contributed by atoms with Crippen molar-refractivity contribution in [2.75, 3.05) is 30.3 Å². The molecule has 25 heavy (non-hydrogen) atoms. The van der Waals surface area contributed by atoms with Gasteiger partial charge in [-0.3, -0.25) is 9.62 Å². The summed E-state index contributed by atoms with van der Waals surface area (Å²) in [7, 11) is 0.0737. The Kier molecular flexibility index (Phi) is 4.96. The minimum Gasteiger partial charge on any atom is -0.363 e. The van der Waals surface area contributed by atoms with Gasteiger partial charge in [0.15, 0.2) is 0 Å². The third-order valence-electron chi connectivity index (χ3n) is 4.32. The average Bonchev–Trinajstić information content (AvgIpc) is 2.99. The van der Waals surface area contributed by atoms with E-state index in [0.717, 1.165) is 37.4 Å². The van der Waals surface area contributed by atoms with Crippen molar-refractivity contribution in [1.82, 2.24) is 9.88 Å². The van der Waals surface area contributed by atoms with E-state index in [9.17, 15) is 8.42 Å². The van der Waals surface area contributed by atoms with Crippen LogP contribution in [0, 0.1) is 0 Å². The number of hydrogen-bond donors (Lipinski definition) is 1. The Morgan fingerprint density at radius 3 is 2.64 bits per heavy atom. The Bertz CT molecular complexity index is 848. The smallest absolute Gasteiger partial charge is 0.263 e. The molecule has 0 unspecified atom stereocenters. The monoisotopic (exact) mass is 360 g/mol. The molecule has 2 aromatic rings. The predicted molar refractivity (Wildman–Crippen MR) is 100 cm³/mol. The zero-order valence-electron chi connectivity index (χ0n) is 14.9. The van der Waals surface area contributed by atoms with Crippen molar-refractivity contribution in [2.45, 2.75) is 31.3 Å². The fourth-order valence-electron chi connectivity index (χ4n) is 3.06. The molecule has 0 bridgehead atoms. The Morgan fingerprint density at radius 1 is 1.20 bits per heavy atom. The molecular weight excluding hydrogens is 336 g/mol. The van der Waals surface area contributed by atoms with Crippen molar-refractivity contribution in [1.29, 1.82) is 0 Å². The first-order valence-corrected chi connectivity index (χ1v) is 9.88. The van der Waals surface area contributed by atoms with Crippen molar-refractivity contribution in [3.63, 3.8) is 0 Å². The van der Waals surface area contributed by atoms with Gasteiger partial charge in [0.2, 0.25) is 0 Å². The van der Waals surface area contributed by atoms with E-state index in [0.29, 0.717) is 5.69 Å². The lowest BCUT2D eigenvalue weighted by Crippen LogP contribution is -2.18. The highest BCUT2D eigenvalue weighted by atomic mass is 32.2. The first-order chi connectivity index (χ1) is 11.9. The maximum atomic E-state index is 12.7. The highest BCUT2D eigenvalue weighted by molar-refractivity contribution is 7.92. The number of hydrogen-bond acceptors (Lipinski definition) is 5. The lowest BCUT2D eigenvalue weighted by molar-refractivity contribution is 0.285. The van der Waals surface area contributed by atoms with Gasteiger partial charge in [0.25, 0.3) is 10.0 Å². The molecule has 2 heterocycles. The quantitative estimate of drug-likeness (QED) is 0.858. The van der Waals surface area contributed by atoms with Crippen LogP contribution in [0.5, 0.6) is 0 Å². The van der Waals surface area contributed by atoms with Gasteiger partial charge in [0.05, 0.1) is 5.69 Å². The van der Waals surface area contributed by atoms with Crippen molar-refractivity contribution < 1.29 is 8.42 Å². The van der Waals surface area contributed by atoms with Gasteiger partial charge in [-0.2, -0.15) is 0 Å². The fraction of sp³-hybridized carbons (Fsp3) is 0.389. The summed E-state index contributed by atoms with van der Waals surface area (Å²) < 4.78 is 28.2. The average molecular weight is 360 g/mol. The summed E-state index contributed by atoms with van der Waals surface area (Å²) in [5, 5.41) is 0. The van der Waals surface area contributed by atoms with Crippen LogP contribution in [0.1, 0.15) is 24.5 Å². The zero-order valence-corrected chi connectivity index (χ0v) is 15.7. The van der Waals surface area contributed by atoms with Crippen LogP contribution in [0.3, 0.4) is 0 Å². The number of anilines is 2. The molecule has 1 aliphatic rings. The standard InChI is InChI=1S/C18H24N4O2S/c1-4-10-22-12-14-6-5-7-17(16(14)13-22)20-25(23,24)15-8-9-18(19-11-15)21(2)3/h5-9,11,20H,4,10,12-13H2,1-3H3. The number of nitrogens with one attached hydrogen (secondary N) is 1. The van der Waals surface area contributed by atoms with Gasteiger partial charge in [-0.25, -0.2) is 13.4 Å². The van der Waals surface area contributed by atoms with Crippen LogP contribution in [0.2, 0.25) is 0 Å². The van der Waals surface area contributed by atoms with Crippen LogP contribution in [0.4, 0.5) is 11.5 Å². The van der Waals surface area contributed by atoms with E-state index in [1.165, 1.54) is 11.8 Å². The molecule has 0 radical (unpaired) electrons. The molecule has 0 saturated carbocycles. The molecule has 0 saturated heterocycles. The van der Waals surface area contributed by atoms with Gasteiger partial charge in [0, 0.05) is 33.4 Å². The molecule has 7 heteroatoms. The van der Waals surface area contributed by atoms with Crippen LogP contribution in [0.15, 0.2) is 41.4 Å². The van der Waals surface area contributed by atoms with Crippen molar-refractivity contribution in [3.8, 4) is 0 Å². The second-order valence-electron chi connectivity index (χ2n) is 6.51. The molecular formula is C18H24N4O2S. The molecule has 0 atom stereocenters. The number of aromatic nitrogens is 1. The first kappa shape index (κ1) is 17.7. The zero-order chi connectivity index (χ0) is 18.0. The molecule has 0 spiro atoms. The Balaban J connectivity index is 1.84. The van der Waals surface area contributed by atoms with E-state index in [1.807, 2.05) is 31.1 Å². The van der Waals surface area contributed by atoms with Gasteiger partial charge in [-0.05, 0) is 42.3 Å². The summed E-state index contributed by atoms with van der Waals surface area (Å²) in [4.78, 5) is 8.52. The van der Waals surface area contributed by atoms with Crippen LogP contribution < -0.4 is 9.62 Å². The minimum absolute atomic E-state index is 0.166. The minimum atomic E-state index is -3.66. The highest BCUT2D eigenvalue weighted by Gasteiger charge is 2.23. The molecule has 0 aliphatic carbocycles. The van der Waals surface area contributed by atoms with E-state index >= 15 is 0 Å². The number of pyridine rings is 1. The number of rotatable bonds is 6. The summed E-state index contributed by atoms with van der Waals surface area (Å²) >= 11 is 0. The van der Waals surface area contributed by atoms with E-state index in [4.69, 9.17) is 0 Å². The molecule has 3 rings (SSSR count). The van der Waals surface area contributed by atoms with Crippen molar-refractivity contribution in [2.24, 2.45) is 0 Å². The van der Waals surface area contributed by atoms with Gasteiger partial charge >= 0.3 is 0 Å². The summed E-state index contributed by atoms with van der Waals surface area (Å²) in [5.41, 5.74) is 2.92. The van der Waals surface area contributed by atoms with Gasteiger partial charge in [-0.15, -0.1) is 0 Å². The third-order valence-corrected chi connectivity index (χ3v) is 5.67. The van der Waals surface area contributed by atoms with Crippen LogP contribution in [-0.2, 0) is 23.1 Å². The molecule has 0 amide bonds.